The summed E-state index contributed by atoms with van der Waals surface area (Å²) in [6.07, 6.45) is 0. The molecule has 57 heavy (non-hydrogen) atoms. The molecule has 11 rings (SSSR count). The zero-order valence-electron chi connectivity index (χ0n) is 30.8. The van der Waals surface area contributed by atoms with Crippen molar-refractivity contribution >= 4 is 43.6 Å². The molecule has 3 heterocycles. The highest BCUT2D eigenvalue weighted by atomic mass is 16.3. The Bertz CT molecular complexity index is 3280. The van der Waals surface area contributed by atoms with Crippen molar-refractivity contribution in [2.75, 3.05) is 0 Å². The molecule has 4 nitrogen and oxygen atoms in total. The van der Waals surface area contributed by atoms with Gasteiger partial charge in [-0.1, -0.05) is 152 Å². The zero-order chi connectivity index (χ0) is 37.7. The number of pyridine rings is 1. The number of hydrogen-bond acceptors (Lipinski definition) is 4. The normalized spacial score (nSPS) is 11.5. The Morgan fingerprint density at radius 1 is 0.316 bits per heavy atom. The van der Waals surface area contributed by atoms with Crippen molar-refractivity contribution in [3.05, 3.63) is 200 Å². The predicted molar refractivity (Wildman–Crippen MR) is 235 cm³/mol. The van der Waals surface area contributed by atoms with Crippen LogP contribution in [0.25, 0.3) is 111 Å². The summed E-state index contributed by atoms with van der Waals surface area (Å²) in [6, 6.07) is 69.8. The van der Waals surface area contributed by atoms with E-state index in [0.29, 0.717) is 5.82 Å². The Kier molecular flexibility index (Phi) is 7.78. The molecule has 8 aromatic carbocycles. The minimum absolute atomic E-state index is 0.664. The first-order valence-corrected chi connectivity index (χ1v) is 19.2. The zero-order valence-corrected chi connectivity index (χ0v) is 30.8. The minimum Gasteiger partial charge on any atom is -0.455 e. The quantitative estimate of drug-likeness (QED) is 0.160. The molecule has 0 aliphatic rings. The van der Waals surface area contributed by atoms with E-state index in [1.807, 2.05) is 36.4 Å². The Hall–Kier alpha value is -7.69. The van der Waals surface area contributed by atoms with Crippen molar-refractivity contribution < 1.29 is 4.42 Å². The number of para-hydroxylation sites is 2. The molecule has 0 saturated carbocycles. The molecular weight excluding hydrogens is 695 g/mol. The Labute approximate surface area is 329 Å². The first-order valence-electron chi connectivity index (χ1n) is 19.2. The van der Waals surface area contributed by atoms with Gasteiger partial charge in [-0.2, -0.15) is 0 Å². The molecule has 0 unspecified atom stereocenters. The maximum Gasteiger partial charge on any atom is 0.160 e. The Balaban J connectivity index is 1.12. The number of fused-ring (bicyclic) bond motifs is 5. The van der Waals surface area contributed by atoms with Crippen LogP contribution in [0.3, 0.4) is 0 Å². The SMILES string of the molecule is c1ccc(-c2ccc(-c3cc(-c4cc(-c5ccc6cc7ccccc7cc6n5)cc(-c5cccc6c5oc5ccccc56)c4)nc(-c4ccccc4)n3)cc2)cc1. The lowest BCUT2D eigenvalue weighted by atomic mass is 9.94. The Morgan fingerprint density at radius 2 is 0.912 bits per heavy atom. The molecule has 0 bridgehead atoms. The first kappa shape index (κ1) is 32.7. The lowest BCUT2D eigenvalue weighted by Gasteiger charge is -2.14. The second kappa shape index (κ2) is 13.6. The third-order valence-electron chi connectivity index (χ3n) is 10.8. The third-order valence-corrected chi connectivity index (χ3v) is 10.8. The molecule has 0 aliphatic heterocycles. The molecule has 0 spiro atoms. The number of aromatic nitrogens is 3. The third kappa shape index (κ3) is 6.01. The molecule has 0 atom stereocenters. The molecule has 0 fully saturated rings. The van der Waals surface area contributed by atoms with E-state index < -0.39 is 0 Å². The molecule has 4 heteroatoms. The van der Waals surface area contributed by atoms with Crippen molar-refractivity contribution in [3.63, 3.8) is 0 Å². The molecule has 0 saturated heterocycles. The highest BCUT2D eigenvalue weighted by Gasteiger charge is 2.17. The van der Waals surface area contributed by atoms with Crippen molar-refractivity contribution in [2.45, 2.75) is 0 Å². The van der Waals surface area contributed by atoms with E-state index in [2.05, 4.69) is 164 Å². The van der Waals surface area contributed by atoms with Crippen LogP contribution in [0, 0.1) is 0 Å². The predicted octanol–water partition coefficient (Wildman–Crippen LogP) is 14.1. The summed E-state index contributed by atoms with van der Waals surface area (Å²) in [7, 11) is 0. The summed E-state index contributed by atoms with van der Waals surface area (Å²) in [5.74, 6) is 0.664. The maximum atomic E-state index is 6.58. The molecule has 3 aromatic heterocycles. The van der Waals surface area contributed by atoms with Crippen molar-refractivity contribution in [3.8, 4) is 67.4 Å². The monoisotopic (exact) mass is 727 g/mol. The topological polar surface area (TPSA) is 51.8 Å². The van der Waals surface area contributed by atoms with Crippen LogP contribution in [0.1, 0.15) is 0 Å². The fraction of sp³-hybridized carbons (Fsp3) is 0. The van der Waals surface area contributed by atoms with E-state index in [0.717, 1.165) is 88.9 Å². The summed E-state index contributed by atoms with van der Waals surface area (Å²) in [5, 5.41) is 5.65. The minimum atomic E-state index is 0.664. The second-order valence-electron chi connectivity index (χ2n) is 14.4. The van der Waals surface area contributed by atoms with E-state index >= 15 is 0 Å². The van der Waals surface area contributed by atoms with Gasteiger partial charge in [0, 0.05) is 44.0 Å². The highest BCUT2D eigenvalue weighted by Crippen LogP contribution is 2.40. The van der Waals surface area contributed by atoms with E-state index in [1.54, 1.807) is 0 Å². The van der Waals surface area contributed by atoms with Crippen LogP contribution in [0.4, 0.5) is 0 Å². The van der Waals surface area contributed by atoms with Crippen LogP contribution in [0.15, 0.2) is 205 Å². The lowest BCUT2D eigenvalue weighted by Crippen LogP contribution is -1.97. The Morgan fingerprint density at radius 3 is 1.70 bits per heavy atom. The molecule has 0 amide bonds. The first-order chi connectivity index (χ1) is 28.2. The van der Waals surface area contributed by atoms with Crippen LogP contribution >= 0.6 is 0 Å². The summed E-state index contributed by atoms with van der Waals surface area (Å²) in [4.78, 5) is 15.7. The average Bonchev–Trinajstić information content (AvgIpc) is 3.67. The van der Waals surface area contributed by atoms with E-state index in [-0.39, 0.29) is 0 Å². The van der Waals surface area contributed by atoms with Crippen molar-refractivity contribution in [2.24, 2.45) is 0 Å². The molecule has 0 radical (unpaired) electrons. The van der Waals surface area contributed by atoms with Gasteiger partial charge in [0.25, 0.3) is 0 Å². The number of hydrogen-bond donors (Lipinski definition) is 0. The fourth-order valence-corrected chi connectivity index (χ4v) is 7.95. The standard InChI is InChI=1S/C53H33N3O/c1-3-12-34(13-4-1)35-22-24-36(25-23-35)49-33-50(56-53(55-49)37-14-5-2-6-15-37)43-30-41(44-19-11-20-46-45-18-9-10-21-51(45)57-52(44)46)29-42(31-43)47-27-26-40-28-38-16-7-8-17-39(38)32-48(40)54-47/h1-33H. The molecular formula is C53H33N3O. The maximum absolute atomic E-state index is 6.58. The fourth-order valence-electron chi connectivity index (χ4n) is 7.95. The van der Waals surface area contributed by atoms with E-state index in [9.17, 15) is 0 Å². The van der Waals surface area contributed by atoms with Gasteiger partial charge in [-0.3, -0.25) is 0 Å². The molecule has 11 aromatic rings. The smallest absolute Gasteiger partial charge is 0.160 e. The van der Waals surface area contributed by atoms with Crippen LogP contribution < -0.4 is 0 Å². The average molecular weight is 728 g/mol. The van der Waals surface area contributed by atoms with Crippen molar-refractivity contribution in [1.82, 2.24) is 15.0 Å². The van der Waals surface area contributed by atoms with Gasteiger partial charge in [0.15, 0.2) is 5.82 Å². The second-order valence-corrected chi connectivity index (χ2v) is 14.4. The number of nitrogens with zero attached hydrogens (tertiary/aromatic N) is 3. The van der Waals surface area contributed by atoms with Gasteiger partial charge in [0.1, 0.15) is 11.2 Å². The largest absolute Gasteiger partial charge is 0.455 e. The number of rotatable bonds is 6. The molecule has 266 valence electrons. The van der Waals surface area contributed by atoms with Crippen LogP contribution in [0.2, 0.25) is 0 Å². The van der Waals surface area contributed by atoms with Crippen LogP contribution in [-0.4, -0.2) is 15.0 Å². The van der Waals surface area contributed by atoms with E-state index in [1.165, 1.54) is 16.3 Å². The van der Waals surface area contributed by atoms with Gasteiger partial charge in [-0.05, 0) is 76.0 Å². The highest BCUT2D eigenvalue weighted by molar-refractivity contribution is 6.10. The van der Waals surface area contributed by atoms with Gasteiger partial charge in [0.2, 0.25) is 0 Å². The van der Waals surface area contributed by atoms with Gasteiger partial charge in [0.05, 0.1) is 22.6 Å². The van der Waals surface area contributed by atoms with Crippen LogP contribution in [-0.2, 0) is 0 Å². The van der Waals surface area contributed by atoms with Gasteiger partial charge >= 0.3 is 0 Å². The summed E-state index contributed by atoms with van der Waals surface area (Å²) >= 11 is 0. The molecule has 0 aliphatic carbocycles. The molecule has 0 N–H and O–H groups in total. The number of furan rings is 1. The summed E-state index contributed by atoms with van der Waals surface area (Å²) in [6.45, 7) is 0. The van der Waals surface area contributed by atoms with Gasteiger partial charge in [-0.25, -0.2) is 15.0 Å². The summed E-state index contributed by atoms with van der Waals surface area (Å²) in [5.41, 5.74) is 13.5. The van der Waals surface area contributed by atoms with Gasteiger partial charge < -0.3 is 4.42 Å². The van der Waals surface area contributed by atoms with Gasteiger partial charge in [-0.15, -0.1) is 0 Å². The van der Waals surface area contributed by atoms with E-state index in [4.69, 9.17) is 19.4 Å². The summed E-state index contributed by atoms with van der Waals surface area (Å²) < 4.78 is 6.58. The van der Waals surface area contributed by atoms with Crippen LogP contribution in [0.5, 0.6) is 0 Å². The van der Waals surface area contributed by atoms with Crippen molar-refractivity contribution in [1.29, 1.82) is 0 Å². The number of benzene rings is 8. The lowest BCUT2D eigenvalue weighted by molar-refractivity contribution is 0.670.